The Kier molecular flexibility index (Phi) is 1.70. The molecule has 0 amide bonds. The number of anilines is 1. The van der Waals surface area contributed by atoms with Gasteiger partial charge in [-0.25, -0.2) is 4.98 Å². The van der Waals surface area contributed by atoms with Gasteiger partial charge in [-0.3, -0.25) is 0 Å². The van der Waals surface area contributed by atoms with Crippen molar-refractivity contribution in [2.45, 2.75) is 0 Å². The third-order valence-corrected chi connectivity index (χ3v) is 1.70. The minimum absolute atomic E-state index is 0.196. The summed E-state index contributed by atoms with van der Waals surface area (Å²) < 4.78 is 1.94. The Labute approximate surface area is 75.2 Å². The fraction of sp³-hybridized carbons (Fsp3) is 0.125. The molecular weight excluding hydrogens is 166 g/mol. The highest BCUT2D eigenvalue weighted by molar-refractivity contribution is 5.57. The molecule has 0 radical (unpaired) electrons. The SMILES string of the molecule is Cn1ccc(-c2cnnc(N)n2)c1. The number of aromatic nitrogens is 4. The van der Waals surface area contributed by atoms with Crippen LogP contribution in [0.25, 0.3) is 11.3 Å². The number of nitrogens with two attached hydrogens (primary N) is 1. The van der Waals surface area contributed by atoms with Crippen LogP contribution in [0.5, 0.6) is 0 Å². The molecule has 0 bridgehead atoms. The van der Waals surface area contributed by atoms with Crippen molar-refractivity contribution < 1.29 is 0 Å². The molecule has 2 rings (SSSR count). The van der Waals surface area contributed by atoms with Gasteiger partial charge in [0.25, 0.3) is 0 Å². The van der Waals surface area contributed by atoms with Gasteiger partial charge in [0.05, 0.1) is 11.9 Å². The monoisotopic (exact) mass is 175 g/mol. The highest BCUT2D eigenvalue weighted by atomic mass is 15.2. The third kappa shape index (κ3) is 1.48. The standard InChI is InChI=1S/C8H9N5/c1-13-3-2-6(5-13)7-4-10-12-8(9)11-7/h2-5H,1H3,(H2,9,11,12). The van der Waals surface area contributed by atoms with Crippen molar-refractivity contribution in [3.8, 4) is 11.3 Å². The van der Waals surface area contributed by atoms with Gasteiger partial charge in [-0.2, -0.15) is 5.10 Å². The van der Waals surface area contributed by atoms with Gasteiger partial charge >= 0.3 is 0 Å². The minimum Gasteiger partial charge on any atom is -0.366 e. The van der Waals surface area contributed by atoms with Crippen molar-refractivity contribution in [2.75, 3.05) is 5.73 Å². The smallest absolute Gasteiger partial charge is 0.240 e. The molecule has 0 saturated carbocycles. The zero-order valence-electron chi connectivity index (χ0n) is 7.18. The Morgan fingerprint density at radius 1 is 1.46 bits per heavy atom. The highest BCUT2D eigenvalue weighted by Gasteiger charge is 2.01. The first-order valence-corrected chi connectivity index (χ1v) is 3.83. The third-order valence-electron chi connectivity index (χ3n) is 1.70. The van der Waals surface area contributed by atoms with Gasteiger partial charge in [-0.05, 0) is 6.07 Å². The fourth-order valence-corrected chi connectivity index (χ4v) is 1.11. The van der Waals surface area contributed by atoms with Crippen LogP contribution < -0.4 is 5.73 Å². The zero-order chi connectivity index (χ0) is 9.26. The predicted octanol–water partition coefficient (Wildman–Crippen LogP) is 0.459. The summed E-state index contributed by atoms with van der Waals surface area (Å²) in [5.74, 6) is 0.196. The summed E-state index contributed by atoms with van der Waals surface area (Å²) in [5, 5.41) is 7.31. The van der Waals surface area contributed by atoms with Gasteiger partial charge in [0.2, 0.25) is 5.95 Å². The lowest BCUT2D eigenvalue weighted by molar-refractivity contribution is 0.927. The molecule has 2 aromatic rings. The maximum atomic E-state index is 5.41. The lowest BCUT2D eigenvalue weighted by Crippen LogP contribution is -1.97. The van der Waals surface area contributed by atoms with E-state index >= 15 is 0 Å². The van der Waals surface area contributed by atoms with Crippen LogP contribution in [0.1, 0.15) is 0 Å². The van der Waals surface area contributed by atoms with E-state index in [0.717, 1.165) is 11.3 Å². The maximum Gasteiger partial charge on any atom is 0.240 e. The van der Waals surface area contributed by atoms with Crippen LogP contribution in [-0.4, -0.2) is 19.7 Å². The molecule has 2 aromatic heterocycles. The lowest BCUT2D eigenvalue weighted by atomic mass is 10.3. The van der Waals surface area contributed by atoms with Crippen LogP contribution in [0.2, 0.25) is 0 Å². The van der Waals surface area contributed by atoms with E-state index < -0.39 is 0 Å². The van der Waals surface area contributed by atoms with Crippen LogP contribution in [0.4, 0.5) is 5.95 Å². The minimum atomic E-state index is 0.196. The molecule has 0 aliphatic carbocycles. The number of aryl methyl sites for hydroxylation is 1. The second-order valence-electron chi connectivity index (χ2n) is 2.77. The van der Waals surface area contributed by atoms with Crippen LogP contribution in [0, 0.1) is 0 Å². The van der Waals surface area contributed by atoms with Crippen molar-refractivity contribution in [2.24, 2.45) is 7.05 Å². The molecule has 13 heavy (non-hydrogen) atoms. The Morgan fingerprint density at radius 2 is 2.31 bits per heavy atom. The number of nitrogen functional groups attached to an aromatic ring is 1. The Balaban J connectivity index is 2.46. The molecule has 0 aliphatic heterocycles. The van der Waals surface area contributed by atoms with Gasteiger partial charge in [-0.1, -0.05) is 0 Å². The average Bonchev–Trinajstić information content (AvgIpc) is 2.52. The molecule has 0 unspecified atom stereocenters. The molecule has 0 spiro atoms. The summed E-state index contributed by atoms with van der Waals surface area (Å²) in [6.45, 7) is 0. The van der Waals surface area contributed by atoms with E-state index in [4.69, 9.17) is 5.73 Å². The first-order chi connectivity index (χ1) is 6.25. The zero-order valence-corrected chi connectivity index (χ0v) is 7.18. The number of hydrogen-bond acceptors (Lipinski definition) is 4. The summed E-state index contributed by atoms with van der Waals surface area (Å²) in [6, 6.07) is 1.95. The molecule has 2 heterocycles. The van der Waals surface area contributed by atoms with Gasteiger partial charge < -0.3 is 10.3 Å². The van der Waals surface area contributed by atoms with E-state index in [1.54, 1.807) is 6.20 Å². The maximum absolute atomic E-state index is 5.41. The molecule has 0 saturated heterocycles. The van der Waals surface area contributed by atoms with Crippen LogP contribution >= 0.6 is 0 Å². The molecule has 66 valence electrons. The summed E-state index contributed by atoms with van der Waals surface area (Å²) in [4.78, 5) is 4.05. The average molecular weight is 175 g/mol. The van der Waals surface area contributed by atoms with Gasteiger partial charge in [0.15, 0.2) is 0 Å². The molecule has 0 fully saturated rings. The van der Waals surface area contributed by atoms with Crippen molar-refractivity contribution >= 4 is 5.95 Å². The predicted molar refractivity (Wildman–Crippen MR) is 48.6 cm³/mol. The first-order valence-electron chi connectivity index (χ1n) is 3.83. The van der Waals surface area contributed by atoms with E-state index in [1.807, 2.05) is 30.1 Å². The lowest BCUT2D eigenvalue weighted by Gasteiger charge is -1.95. The topological polar surface area (TPSA) is 69.6 Å². The molecular formula is C8H9N5. The van der Waals surface area contributed by atoms with Crippen LogP contribution in [-0.2, 0) is 7.05 Å². The van der Waals surface area contributed by atoms with E-state index in [0.29, 0.717) is 0 Å². The fourth-order valence-electron chi connectivity index (χ4n) is 1.11. The van der Waals surface area contributed by atoms with Gasteiger partial charge in [-0.15, -0.1) is 5.10 Å². The largest absolute Gasteiger partial charge is 0.366 e. The normalized spacial score (nSPS) is 10.2. The Morgan fingerprint density at radius 3 is 2.92 bits per heavy atom. The highest BCUT2D eigenvalue weighted by Crippen LogP contribution is 2.15. The van der Waals surface area contributed by atoms with E-state index in [1.165, 1.54) is 0 Å². The molecule has 5 nitrogen and oxygen atoms in total. The molecule has 5 heteroatoms. The summed E-state index contributed by atoms with van der Waals surface area (Å²) >= 11 is 0. The number of hydrogen-bond donors (Lipinski definition) is 1. The van der Waals surface area contributed by atoms with E-state index in [2.05, 4.69) is 15.2 Å². The summed E-state index contributed by atoms with van der Waals surface area (Å²) in [5.41, 5.74) is 7.14. The van der Waals surface area contributed by atoms with Crippen molar-refractivity contribution in [3.05, 3.63) is 24.7 Å². The van der Waals surface area contributed by atoms with Crippen molar-refractivity contribution in [1.29, 1.82) is 0 Å². The number of nitrogens with zero attached hydrogens (tertiary/aromatic N) is 4. The van der Waals surface area contributed by atoms with Gasteiger partial charge in [0, 0.05) is 25.0 Å². The van der Waals surface area contributed by atoms with Crippen molar-refractivity contribution in [1.82, 2.24) is 19.7 Å². The quantitative estimate of drug-likeness (QED) is 0.683. The summed E-state index contributed by atoms with van der Waals surface area (Å²) in [7, 11) is 1.95. The van der Waals surface area contributed by atoms with E-state index in [9.17, 15) is 0 Å². The molecule has 0 atom stereocenters. The summed E-state index contributed by atoms with van der Waals surface area (Å²) in [6.07, 6.45) is 5.47. The van der Waals surface area contributed by atoms with Gasteiger partial charge in [0.1, 0.15) is 0 Å². The second kappa shape index (κ2) is 2.85. The Bertz CT molecular complexity index is 420. The van der Waals surface area contributed by atoms with Crippen molar-refractivity contribution in [3.63, 3.8) is 0 Å². The molecule has 0 aliphatic rings. The second-order valence-corrected chi connectivity index (χ2v) is 2.77. The molecule has 2 N–H and O–H groups in total. The number of rotatable bonds is 1. The van der Waals surface area contributed by atoms with Crippen LogP contribution in [0.15, 0.2) is 24.7 Å². The van der Waals surface area contributed by atoms with Crippen LogP contribution in [0.3, 0.4) is 0 Å². The first kappa shape index (κ1) is 7.72. The van der Waals surface area contributed by atoms with E-state index in [-0.39, 0.29) is 5.95 Å². The molecule has 0 aromatic carbocycles. The Hall–Kier alpha value is -1.91.